The highest BCUT2D eigenvalue weighted by molar-refractivity contribution is 5.91. The zero-order valence-corrected chi connectivity index (χ0v) is 13.1. The number of hydrogen-bond acceptors (Lipinski definition) is 5. The van der Waals surface area contributed by atoms with Crippen LogP contribution in [0, 0.1) is 19.8 Å². The third-order valence-corrected chi connectivity index (χ3v) is 4.23. The molecule has 0 bridgehead atoms. The first-order valence-electron chi connectivity index (χ1n) is 7.68. The fraction of sp³-hybridized carbons (Fsp3) is 0.533. The molecule has 2 heterocycles. The number of aryl methyl sites for hydroxylation is 2. The standard InChI is InChI=1S/C15H19N5O3/c1-8-7-9(2)20-15(16-8)18-12(19-20)13(21)17-11-5-3-10(4-6-11)14(22)23/h7,10-11H,3-6H2,1-2H3,(H,17,21)(H,22,23). The molecule has 23 heavy (non-hydrogen) atoms. The van der Waals surface area contributed by atoms with E-state index in [0.717, 1.165) is 11.4 Å². The summed E-state index contributed by atoms with van der Waals surface area (Å²) < 4.78 is 1.54. The van der Waals surface area contributed by atoms with Gasteiger partial charge in [0.25, 0.3) is 11.7 Å². The molecule has 2 aromatic rings. The first-order valence-corrected chi connectivity index (χ1v) is 7.68. The normalized spacial score (nSPS) is 21.3. The van der Waals surface area contributed by atoms with Crippen LogP contribution >= 0.6 is 0 Å². The highest BCUT2D eigenvalue weighted by Crippen LogP contribution is 2.24. The molecule has 0 saturated heterocycles. The molecule has 0 aromatic carbocycles. The second-order valence-electron chi connectivity index (χ2n) is 6.05. The Balaban J connectivity index is 1.69. The molecule has 0 aliphatic heterocycles. The van der Waals surface area contributed by atoms with E-state index in [4.69, 9.17) is 5.11 Å². The van der Waals surface area contributed by atoms with Crippen molar-refractivity contribution in [3.63, 3.8) is 0 Å². The Labute approximate surface area is 132 Å². The molecule has 0 unspecified atom stereocenters. The quantitative estimate of drug-likeness (QED) is 0.877. The summed E-state index contributed by atoms with van der Waals surface area (Å²) in [6.07, 6.45) is 2.48. The molecular weight excluding hydrogens is 298 g/mol. The molecule has 1 fully saturated rings. The van der Waals surface area contributed by atoms with Crippen LogP contribution in [0.5, 0.6) is 0 Å². The number of rotatable bonds is 3. The molecule has 0 radical (unpaired) electrons. The third kappa shape index (κ3) is 3.15. The third-order valence-electron chi connectivity index (χ3n) is 4.23. The van der Waals surface area contributed by atoms with Gasteiger partial charge >= 0.3 is 5.97 Å². The molecule has 8 nitrogen and oxygen atoms in total. The number of aliphatic carboxylic acids is 1. The van der Waals surface area contributed by atoms with Crippen LogP contribution in [0.1, 0.15) is 47.7 Å². The van der Waals surface area contributed by atoms with Crippen LogP contribution < -0.4 is 5.32 Å². The van der Waals surface area contributed by atoms with Crippen molar-refractivity contribution >= 4 is 17.7 Å². The van der Waals surface area contributed by atoms with E-state index < -0.39 is 5.97 Å². The molecule has 0 atom stereocenters. The summed E-state index contributed by atoms with van der Waals surface area (Å²) >= 11 is 0. The Morgan fingerprint density at radius 1 is 1.22 bits per heavy atom. The summed E-state index contributed by atoms with van der Waals surface area (Å²) in [6, 6.07) is 1.84. The first-order chi connectivity index (χ1) is 10.9. The summed E-state index contributed by atoms with van der Waals surface area (Å²) in [5.74, 6) is -0.903. The zero-order valence-electron chi connectivity index (χ0n) is 13.1. The van der Waals surface area contributed by atoms with Gasteiger partial charge in [-0.2, -0.15) is 4.98 Å². The first kappa shape index (κ1) is 15.4. The molecule has 1 aliphatic rings. The van der Waals surface area contributed by atoms with Crippen molar-refractivity contribution in [3.8, 4) is 0 Å². The fourth-order valence-corrected chi connectivity index (χ4v) is 3.00. The van der Waals surface area contributed by atoms with Crippen molar-refractivity contribution in [2.45, 2.75) is 45.6 Å². The van der Waals surface area contributed by atoms with E-state index in [1.165, 1.54) is 0 Å². The van der Waals surface area contributed by atoms with Gasteiger partial charge in [-0.1, -0.05) is 0 Å². The highest BCUT2D eigenvalue weighted by atomic mass is 16.4. The molecule has 3 rings (SSSR count). The Bertz CT molecular complexity index is 762. The Kier molecular flexibility index (Phi) is 3.97. The van der Waals surface area contributed by atoms with Gasteiger partial charge in [-0.05, 0) is 45.6 Å². The molecule has 0 spiro atoms. The lowest BCUT2D eigenvalue weighted by molar-refractivity contribution is -0.142. The lowest BCUT2D eigenvalue weighted by Gasteiger charge is -2.26. The number of nitrogens with zero attached hydrogens (tertiary/aromatic N) is 4. The summed E-state index contributed by atoms with van der Waals surface area (Å²) in [5, 5.41) is 16.1. The maximum atomic E-state index is 12.3. The maximum absolute atomic E-state index is 12.3. The SMILES string of the molecule is Cc1cc(C)n2nc(C(=O)NC3CCC(C(=O)O)CC3)nc2n1. The Morgan fingerprint density at radius 2 is 1.91 bits per heavy atom. The van der Waals surface area contributed by atoms with Crippen molar-refractivity contribution in [2.24, 2.45) is 5.92 Å². The predicted molar refractivity (Wildman–Crippen MR) is 81.1 cm³/mol. The second-order valence-corrected chi connectivity index (χ2v) is 6.05. The van der Waals surface area contributed by atoms with E-state index in [-0.39, 0.29) is 23.7 Å². The van der Waals surface area contributed by atoms with E-state index in [0.29, 0.717) is 31.5 Å². The lowest BCUT2D eigenvalue weighted by Crippen LogP contribution is -2.39. The van der Waals surface area contributed by atoms with Gasteiger partial charge in [-0.15, -0.1) is 5.10 Å². The van der Waals surface area contributed by atoms with Gasteiger partial charge in [0.15, 0.2) is 0 Å². The number of aromatic nitrogens is 4. The van der Waals surface area contributed by atoms with Gasteiger partial charge < -0.3 is 10.4 Å². The van der Waals surface area contributed by atoms with E-state index >= 15 is 0 Å². The van der Waals surface area contributed by atoms with Crippen molar-refractivity contribution in [3.05, 3.63) is 23.3 Å². The van der Waals surface area contributed by atoms with E-state index in [1.54, 1.807) is 4.52 Å². The minimum Gasteiger partial charge on any atom is -0.481 e. The number of carboxylic acids is 1. The number of carbonyl (C=O) groups excluding carboxylic acids is 1. The number of carboxylic acid groups (broad SMARTS) is 1. The average Bonchev–Trinajstić information content (AvgIpc) is 2.92. The van der Waals surface area contributed by atoms with Gasteiger partial charge in [0.2, 0.25) is 5.82 Å². The minimum atomic E-state index is -0.756. The maximum Gasteiger partial charge on any atom is 0.306 e. The van der Waals surface area contributed by atoms with E-state index in [2.05, 4.69) is 20.4 Å². The van der Waals surface area contributed by atoms with E-state index in [9.17, 15) is 9.59 Å². The fourth-order valence-electron chi connectivity index (χ4n) is 3.00. The monoisotopic (exact) mass is 317 g/mol. The van der Waals surface area contributed by atoms with Crippen molar-refractivity contribution in [1.82, 2.24) is 24.9 Å². The molecule has 1 aliphatic carbocycles. The smallest absolute Gasteiger partial charge is 0.306 e. The highest BCUT2D eigenvalue weighted by Gasteiger charge is 2.27. The van der Waals surface area contributed by atoms with E-state index in [1.807, 2.05) is 19.9 Å². The number of hydrogen-bond donors (Lipinski definition) is 2. The molecular formula is C15H19N5O3. The molecule has 1 amide bonds. The molecule has 2 N–H and O–H groups in total. The predicted octanol–water partition coefficient (Wildman–Crippen LogP) is 1.11. The second kappa shape index (κ2) is 5.94. The van der Waals surface area contributed by atoms with Crippen LogP contribution in [0.2, 0.25) is 0 Å². The van der Waals surface area contributed by atoms with Crippen LogP contribution in [0.4, 0.5) is 0 Å². The summed E-state index contributed by atoms with van der Waals surface area (Å²) in [5.41, 5.74) is 1.68. The summed E-state index contributed by atoms with van der Waals surface area (Å²) in [6.45, 7) is 3.74. The van der Waals surface area contributed by atoms with Crippen LogP contribution in [-0.2, 0) is 4.79 Å². The molecule has 2 aromatic heterocycles. The summed E-state index contributed by atoms with van der Waals surface area (Å²) in [7, 11) is 0. The average molecular weight is 317 g/mol. The zero-order chi connectivity index (χ0) is 16.6. The minimum absolute atomic E-state index is 0.0273. The largest absolute Gasteiger partial charge is 0.481 e. The van der Waals surface area contributed by atoms with Gasteiger partial charge in [0.1, 0.15) is 0 Å². The van der Waals surface area contributed by atoms with Crippen LogP contribution in [0.15, 0.2) is 6.07 Å². The van der Waals surface area contributed by atoms with Crippen molar-refractivity contribution in [2.75, 3.05) is 0 Å². The van der Waals surface area contributed by atoms with Gasteiger partial charge in [-0.3, -0.25) is 9.59 Å². The number of amides is 1. The molecule has 1 saturated carbocycles. The van der Waals surface area contributed by atoms with Crippen LogP contribution in [-0.4, -0.2) is 42.6 Å². The van der Waals surface area contributed by atoms with Gasteiger partial charge in [0.05, 0.1) is 5.92 Å². The lowest BCUT2D eigenvalue weighted by atomic mass is 9.86. The van der Waals surface area contributed by atoms with Crippen molar-refractivity contribution < 1.29 is 14.7 Å². The molecule has 122 valence electrons. The van der Waals surface area contributed by atoms with Gasteiger partial charge in [-0.25, -0.2) is 9.50 Å². The number of nitrogens with one attached hydrogen (secondary N) is 1. The summed E-state index contributed by atoms with van der Waals surface area (Å²) in [4.78, 5) is 31.7. The van der Waals surface area contributed by atoms with Crippen LogP contribution in [0.25, 0.3) is 5.78 Å². The van der Waals surface area contributed by atoms with Gasteiger partial charge in [0, 0.05) is 17.4 Å². The Hall–Kier alpha value is -2.51. The number of carbonyl (C=O) groups is 2. The van der Waals surface area contributed by atoms with Crippen molar-refractivity contribution in [1.29, 1.82) is 0 Å². The number of fused-ring (bicyclic) bond motifs is 1. The Morgan fingerprint density at radius 3 is 2.57 bits per heavy atom. The molecule has 8 heteroatoms. The van der Waals surface area contributed by atoms with Crippen LogP contribution in [0.3, 0.4) is 0 Å². The topological polar surface area (TPSA) is 109 Å².